The first kappa shape index (κ1) is 15.5. The molecule has 1 aromatic carbocycles. The van der Waals surface area contributed by atoms with Crippen LogP contribution in [0.3, 0.4) is 0 Å². The number of likely N-dealkylation sites (tertiary alicyclic amines) is 1. The first-order chi connectivity index (χ1) is 10.2. The molecule has 1 N–H and O–H groups in total. The molecule has 0 radical (unpaired) electrons. The number of ether oxygens (including phenoxy) is 1. The number of amides is 1. The van der Waals surface area contributed by atoms with Gasteiger partial charge in [0, 0.05) is 6.04 Å². The van der Waals surface area contributed by atoms with Gasteiger partial charge in [-0.25, -0.2) is 4.79 Å². The molecular weight excluding hydrogens is 268 g/mol. The summed E-state index contributed by atoms with van der Waals surface area (Å²) in [6.07, 6.45) is 3.94. The van der Waals surface area contributed by atoms with Crippen LogP contribution in [-0.4, -0.2) is 43.5 Å². The summed E-state index contributed by atoms with van der Waals surface area (Å²) < 4.78 is 5.42. The summed E-state index contributed by atoms with van der Waals surface area (Å²) >= 11 is 0. The maximum Gasteiger partial charge on any atom is 0.333 e. The van der Waals surface area contributed by atoms with Gasteiger partial charge in [0.25, 0.3) is 0 Å². The van der Waals surface area contributed by atoms with Crippen LogP contribution in [0.25, 0.3) is 0 Å². The zero-order valence-corrected chi connectivity index (χ0v) is 12.3. The van der Waals surface area contributed by atoms with Crippen molar-refractivity contribution in [3.05, 3.63) is 35.9 Å². The molecule has 1 aliphatic rings. The zero-order valence-electron chi connectivity index (χ0n) is 12.3. The molecule has 0 aromatic heterocycles. The maximum atomic E-state index is 12.2. The van der Waals surface area contributed by atoms with Crippen molar-refractivity contribution < 1.29 is 14.3 Å². The molecule has 5 nitrogen and oxygen atoms in total. The largest absolute Gasteiger partial charge is 0.462 e. The smallest absolute Gasteiger partial charge is 0.333 e. The number of nitrogens with one attached hydrogen (secondary N) is 1. The van der Waals surface area contributed by atoms with Crippen LogP contribution in [0, 0.1) is 0 Å². The Morgan fingerprint density at radius 1 is 1.43 bits per heavy atom. The molecule has 2 rings (SSSR count). The average Bonchev–Trinajstić information content (AvgIpc) is 2.52. The van der Waals surface area contributed by atoms with Gasteiger partial charge in [0.05, 0.1) is 0 Å². The third-order valence-electron chi connectivity index (χ3n) is 3.94. The normalized spacial score (nSPS) is 20.5. The number of nitrogens with zero attached hydrogens (tertiary/aromatic N) is 1. The molecule has 2 unspecified atom stereocenters. The zero-order chi connectivity index (χ0) is 15.1. The van der Waals surface area contributed by atoms with Crippen molar-refractivity contribution in [3.63, 3.8) is 0 Å². The lowest BCUT2D eigenvalue weighted by atomic mass is 10.0. The Kier molecular flexibility index (Phi) is 5.75. The van der Waals surface area contributed by atoms with Gasteiger partial charge in [-0.1, -0.05) is 36.8 Å². The van der Waals surface area contributed by atoms with Gasteiger partial charge in [-0.3, -0.25) is 4.79 Å². The van der Waals surface area contributed by atoms with Crippen LogP contribution in [0.15, 0.2) is 30.3 Å². The minimum Gasteiger partial charge on any atom is -0.462 e. The second-order valence-corrected chi connectivity index (χ2v) is 5.39. The second-order valence-electron chi connectivity index (χ2n) is 5.39. The van der Waals surface area contributed by atoms with Crippen molar-refractivity contribution in [3.8, 4) is 0 Å². The Morgan fingerprint density at radius 2 is 2.19 bits per heavy atom. The third kappa shape index (κ3) is 4.29. The molecule has 1 amide bonds. The van der Waals surface area contributed by atoms with Crippen LogP contribution in [0.4, 0.5) is 0 Å². The van der Waals surface area contributed by atoms with Gasteiger partial charge in [-0.15, -0.1) is 0 Å². The van der Waals surface area contributed by atoms with E-state index in [1.54, 1.807) is 12.1 Å². The third-order valence-corrected chi connectivity index (χ3v) is 3.94. The van der Waals surface area contributed by atoms with E-state index in [9.17, 15) is 9.59 Å². The molecule has 1 saturated heterocycles. The molecule has 114 valence electrons. The standard InChI is InChI=1S/C16H22N2O3/c1-18-10-6-5-9-14(18)11-21-16(20)15(17-12-19)13-7-3-2-4-8-13/h2-4,7-8,12,14-15H,5-6,9-11H2,1H3,(H,17,19). The average molecular weight is 290 g/mol. The summed E-state index contributed by atoms with van der Waals surface area (Å²) in [7, 11) is 2.05. The van der Waals surface area contributed by atoms with Gasteiger partial charge in [0.1, 0.15) is 6.61 Å². The lowest BCUT2D eigenvalue weighted by Gasteiger charge is -2.32. The van der Waals surface area contributed by atoms with E-state index in [2.05, 4.69) is 17.3 Å². The molecule has 2 atom stereocenters. The molecule has 1 aromatic rings. The Balaban J connectivity index is 1.94. The van der Waals surface area contributed by atoms with Crippen LogP contribution in [-0.2, 0) is 14.3 Å². The molecule has 21 heavy (non-hydrogen) atoms. The quantitative estimate of drug-likeness (QED) is 0.637. The van der Waals surface area contributed by atoms with E-state index in [1.165, 1.54) is 12.8 Å². The van der Waals surface area contributed by atoms with Crippen molar-refractivity contribution in [1.29, 1.82) is 0 Å². The fourth-order valence-corrected chi connectivity index (χ4v) is 2.63. The second kappa shape index (κ2) is 7.78. The maximum absolute atomic E-state index is 12.2. The number of benzene rings is 1. The molecule has 0 spiro atoms. The molecule has 1 fully saturated rings. The van der Waals surface area contributed by atoms with Crippen LogP contribution >= 0.6 is 0 Å². The fourth-order valence-electron chi connectivity index (χ4n) is 2.63. The van der Waals surface area contributed by atoms with Crippen molar-refractivity contribution in [1.82, 2.24) is 10.2 Å². The Labute approximate surface area is 125 Å². The highest BCUT2D eigenvalue weighted by molar-refractivity contribution is 5.80. The van der Waals surface area contributed by atoms with Crippen molar-refractivity contribution >= 4 is 12.4 Å². The summed E-state index contributed by atoms with van der Waals surface area (Å²) in [6, 6.07) is 8.66. The number of piperidine rings is 1. The Hall–Kier alpha value is -1.88. The molecular formula is C16H22N2O3. The number of likely N-dealkylation sites (N-methyl/N-ethyl adjacent to an activating group) is 1. The van der Waals surface area contributed by atoms with Crippen LogP contribution in [0.5, 0.6) is 0 Å². The van der Waals surface area contributed by atoms with Crippen LogP contribution in [0.1, 0.15) is 30.9 Å². The molecule has 1 heterocycles. The van der Waals surface area contributed by atoms with Crippen molar-refractivity contribution in [2.45, 2.75) is 31.3 Å². The number of carbonyl (C=O) groups excluding carboxylic acids is 2. The van der Waals surface area contributed by atoms with Gasteiger partial charge in [0.2, 0.25) is 6.41 Å². The molecule has 0 bridgehead atoms. The van der Waals surface area contributed by atoms with Gasteiger partial charge in [-0.05, 0) is 32.0 Å². The van der Waals surface area contributed by atoms with Gasteiger partial charge >= 0.3 is 5.97 Å². The number of rotatable bonds is 6. The van der Waals surface area contributed by atoms with E-state index in [4.69, 9.17) is 4.74 Å². The summed E-state index contributed by atoms with van der Waals surface area (Å²) in [4.78, 5) is 25.2. The predicted molar refractivity (Wildman–Crippen MR) is 79.6 cm³/mol. The van der Waals surface area contributed by atoms with Crippen LogP contribution < -0.4 is 5.32 Å². The van der Waals surface area contributed by atoms with E-state index in [0.717, 1.165) is 18.5 Å². The number of hydrogen-bond acceptors (Lipinski definition) is 4. The number of esters is 1. The van der Waals surface area contributed by atoms with Gasteiger partial charge in [-0.2, -0.15) is 0 Å². The predicted octanol–water partition coefficient (Wildman–Crippen LogP) is 1.50. The summed E-state index contributed by atoms with van der Waals surface area (Å²) in [5.41, 5.74) is 0.728. The highest BCUT2D eigenvalue weighted by atomic mass is 16.5. The molecule has 0 aliphatic carbocycles. The highest BCUT2D eigenvalue weighted by Gasteiger charge is 2.25. The minimum atomic E-state index is -0.738. The number of hydrogen-bond donors (Lipinski definition) is 1. The monoisotopic (exact) mass is 290 g/mol. The first-order valence-corrected chi connectivity index (χ1v) is 7.34. The highest BCUT2D eigenvalue weighted by Crippen LogP contribution is 2.17. The van der Waals surface area contributed by atoms with E-state index >= 15 is 0 Å². The lowest BCUT2D eigenvalue weighted by molar-refractivity contribution is -0.149. The SMILES string of the molecule is CN1CCCCC1COC(=O)C(NC=O)c1ccccc1. The van der Waals surface area contributed by atoms with Crippen molar-refractivity contribution in [2.75, 3.05) is 20.2 Å². The summed E-state index contributed by atoms with van der Waals surface area (Å²) in [6.45, 7) is 1.41. The van der Waals surface area contributed by atoms with E-state index in [1.807, 2.05) is 18.2 Å². The van der Waals surface area contributed by atoms with E-state index < -0.39 is 12.0 Å². The lowest BCUT2D eigenvalue weighted by Crippen LogP contribution is -2.41. The number of carbonyl (C=O) groups is 2. The Bertz CT molecular complexity index is 464. The summed E-state index contributed by atoms with van der Waals surface area (Å²) in [5.74, 6) is -0.410. The summed E-state index contributed by atoms with van der Waals surface area (Å²) in [5, 5.41) is 2.53. The van der Waals surface area contributed by atoms with Crippen LogP contribution in [0.2, 0.25) is 0 Å². The topological polar surface area (TPSA) is 58.6 Å². The molecule has 5 heteroatoms. The molecule has 0 saturated carbocycles. The minimum absolute atomic E-state index is 0.273. The van der Waals surface area contributed by atoms with Gasteiger partial charge < -0.3 is 15.0 Å². The van der Waals surface area contributed by atoms with E-state index in [-0.39, 0.29) is 6.04 Å². The Morgan fingerprint density at radius 3 is 2.86 bits per heavy atom. The van der Waals surface area contributed by atoms with E-state index in [0.29, 0.717) is 13.0 Å². The molecule has 1 aliphatic heterocycles. The van der Waals surface area contributed by atoms with Crippen molar-refractivity contribution in [2.24, 2.45) is 0 Å². The fraction of sp³-hybridized carbons (Fsp3) is 0.500. The van der Waals surface area contributed by atoms with Gasteiger partial charge in [0.15, 0.2) is 6.04 Å². The first-order valence-electron chi connectivity index (χ1n) is 7.34.